The zero-order valence-electron chi connectivity index (χ0n) is 17.8. The number of rotatable bonds is 4. The number of nitrogens with zero attached hydrogens (tertiary/aromatic N) is 2. The van der Waals surface area contributed by atoms with Crippen molar-refractivity contribution in [3.05, 3.63) is 119 Å². The third-order valence-electron chi connectivity index (χ3n) is 5.92. The molecule has 2 nitrogen and oxygen atoms in total. The van der Waals surface area contributed by atoms with E-state index in [4.69, 9.17) is 9.97 Å². The summed E-state index contributed by atoms with van der Waals surface area (Å²) in [5, 5.41) is 0. The number of fused-ring (bicyclic) bond motifs is 3. The van der Waals surface area contributed by atoms with Crippen LogP contribution in [0.4, 0.5) is 0 Å². The fourth-order valence-corrected chi connectivity index (χ4v) is 4.13. The van der Waals surface area contributed by atoms with Gasteiger partial charge < -0.3 is 0 Å². The van der Waals surface area contributed by atoms with Gasteiger partial charge in [0.25, 0.3) is 0 Å². The Bertz CT molecular complexity index is 1180. The van der Waals surface area contributed by atoms with E-state index < -0.39 is 0 Å². The average Bonchev–Trinajstić information content (AvgIpc) is 3.04. The van der Waals surface area contributed by atoms with Gasteiger partial charge in [0.2, 0.25) is 0 Å². The van der Waals surface area contributed by atoms with E-state index in [0.717, 1.165) is 22.5 Å². The molecule has 1 aliphatic rings. The van der Waals surface area contributed by atoms with Crippen LogP contribution in [0.1, 0.15) is 47.2 Å². The largest absolute Gasteiger partial charge is 0.254 e. The first-order valence-corrected chi connectivity index (χ1v) is 10.6. The molecule has 150 valence electrons. The highest BCUT2D eigenvalue weighted by Gasteiger charge is 2.37. The van der Waals surface area contributed by atoms with Crippen LogP contribution in [-0.4, -0.2) is 9.97 Å². The predicted octanol–water partition coefficient (Wildman–Crippen LogP) is 7.12. The van der Waals surface area contributed by atoms with E-state index in [9.17, 15) is 0 Å². The Kier molecular flexibility index (Phi) is 4.83. The zero-order valence-corrected chi connectivity index (χ0v) is 17.8. The van der Waals surface area contributed by atoms with Crippen LogP contribution in [0, 0.1) is 0 Å². The van der Waals surface area contributed by atoms with E-state index in [1.807, 2.05) is 24.5 Å². The molecule has 1 aliphatic carbocycles. The molecule has 2 aromatic carbocycles. The van der Waals surface area contributed by atoms with Gasteiger partial charge in [0.05, 0.1) is 11.4 Å². The van der Waals surface area contributed by atoms with Crippen molar-refractivity contribution in [2.75, 3.05) is 0 Å². The molecule has 0 unspecified atom stereocenters. The smallest absolute Gasteiger partial charge is 0.0930 e. The lowest BCUT2D eigenvalue weighted by Crippen LogP contribution is -2.15. The summed E-state index contributed by atoms with van der Waals surface area (Å²) in [5.74, 6) is 0. The van der Waals surface area contributed by atoms with E-state index in [0.29, 0.717) is 0 Å². The summed E-state index contributed by atoms with van der Waals surface area (Å²) in [6.07, 6.45) is 12.4. The molecule has 0 atom stereocenters. The average molecular weight is 401 g/mol. The van der Waals surface area contributed by atoms with Crippen LogP contribution < -0.4 is 0 Å². The van der Waals surface area contributed by atoms with Crippen LogP contribution in [0.3, 0.4) is 0 Å². The van der Waals surface area contributed by atoms with Crippen molar-refractivity contribution in [3.8, 4) is 11.4 Å². The number of hydrogen-bond donors (Lipinski definition) is 0. The van der Waals surface area contributed by atoms with Gasteiger partial charge in [-0.05, 0) is 45.5 Å². The first-order valence-electron chi connectivity index (χ1n) is 10.6. The van der Waals surface area contributed by atoms with Crippen LogP contribution >= 0.6 is 0 Å². The molecule has 5 rings (SSSR count). The Balaban J connectivity index is 1.47. The molecule has 0 saturated heterocycles. The zero-order chi connectivity index (χ0) is 21.3. The summed E-state index contributed by atoms with van der Waals surface area (Å²) in [5.41, 5.74) is 8.89. The second kappa shape index (κ2) is 7.81. The third-order valence-corrected chi connectivity index (χ3v) is 5.92. The molecule has 0 bridgehead atoms. The summed E-state index contributed by atoms with van der Waals surface area (Å²) in [7, 11) is 0. The van der Waals surface area contributed by atoms with Crippen molar-refractivity contribution in [1.82, 2.24) is 9.97 Å². The van der Waals surface area contributed by atoms with Gasteiger partial charge in [0.1, 0.15) is 0 Å². The van der Waals surface area contributed by atoms with Crippen LogP contribution in [0.5, 0.6) is 0 Å². The Hall–Kier alpha value is -3.78. The first-order chi connectivity index (χ1) is 15.1. The van der Waals surface area contributed by atoms with E-state index in [1.165, 1.54) is 22.3 Å². The number of hydrogen-bond acceptors (Lipinski definition) is 2. The molecule has 31 heavy (non-hydrogen) atoms. The van der Waals surface area contributed by atoms with Gasteiger partial charge in [-0.15, -0.1) is 0 Å². The topological polar surface area (TPSA) is 25.8 Å². The first kappa shape index (κ1) is 19.2. The maximum absolute atomic E-state index is 4.80. The molecule has 0 aliphatic heterocycles. The SMILES string of the molecule is CC1(C)c2cc(C=Cc3ccccc3)cnc2-c2ncc(C=Cc3ccccc3)cc21. The van der Waals surface area contributed by atoms with Crippen LogP contribution in [0.2, 0.25) is 0 Å². The minimum Gasteiger partial charge on any atom is -0.254 e. The summed E-state index contributed by atoms with van der Waals surface area (Å²) in [4.78, 5) is 9.60. The number of benzene rings is 2. The Morgan fingerprint density at radius 1 is 0.548 bits per heavy atom. The van der Waals surface area contributed by atoms with Crippen LogP contribution in [0.15, 0.2) is 85.2 Å². The monoisotopic (exact) mass is 400 g/mol. The number of aromatic nitrogens is 2. The molecule has 2 heterocycles. The minimum absolute atomic E-state index is 0.141. The lowest BCUT2D eigenvalue weighted by molar-refractivity contribution is 0.657. The molecule has 0 fully saturated rings. The van der Waals surface area contributed by atoms with Gasteiger partial charge in [-0.2, -0.15) is 0 Å². The molecule has 0 saturated carbocycles. The summed E-state index contributed by atoms with van der Waals surface area (Å²) >= 11 is 0. The van der Waals surface area contributed by atoms with Crippen molar-refractivity contribution < 1.29 is 0 Å². The second-order valence-corrected chi connectivity index (χ2v) is 8.44. The van der Waals surface area contributed by atoms with E-state index >= 15 is 0 Å². The molecule has 0 amide bonds. The van der Waals surface area contributed by atoms with Gasteiger partial charge in [-0.3, -0.25) is 9.97 Å². The highest BCUT2D eigenvalue weighted by Crippen LogP contribution is 2.47. The summed E-state index contributed by atoms with van der Waals surface area (Å²) in [6, 6.07) is 25.2. The Labute approximate surface area is 183 Å². The fourth-order valence-electron chi connectivity index (χ4n) is 4.13. The fraction of sp³-hybridized carbons (Fsp3) is 0.103. The quantitative estimate of drug-likeness (QED) is 0.364. The lowest BCUT2D eigenvalue weighted by atomic mass is 9.82. The Morgan fingerprint density at radius 3 is 1.35 bits per heavy atom. The molecule has 4 aromatic rings. The van der Waals surface area contributed by atoms with Crippen LogP contribution in [-0.2, 0) is 5.41 Å². The third kappa shape index (κ3) is 3.73. The normalized spacial score (nSPS) is 14.1. The van der Waals surface area contributed by atoms with Gasteiger partial charge >= 0.3 is 0 Å². The summed E-state index contributed by atoms with van der Waals surface area (Å²) < 4.78 is 0. The summed E-state index contributed by atoms with van der Waals surface area (Å²) in [6.45, 7) is 4.52. The van der Waals surface area contributed by atoms with Crippen molar-refractivity contribution in [2.45, 2.75) is 19.3 Å². The molecule has 2 heteroatoms. The van der Waals surface area contributed by atoms with Gasteiger partial charge in [0, 0.05) is 17.8 Å². The Morgan fingerprint density at radius 2 is 0.935 bits per heavy atom. The van der Waals surface area contributed by atoms with Gasteiger partial charge in [0.15, 0.2) is 0 Å². The van der Waals surface area contributed by atoms with Crippen molar-refractivity contribution in [3.63, 3.8) is 0 Å². The number of pyridine rings is 2. The van der Waals surface area contributed by atoms with Crippen molar-refractivity contribution in [2.24, 2.45) is 0 Å². The van der Waals surface area contributed by atoms with Crippen molar-refractivity contribution >= 4 is 24.3 Å². The predicted molar refractivity (Wildman–Crippen MR) is 130 cm³/mol. The van der Waals surface area contributed by atoms with E-state index in [1.54, 1.807) is 0 Å². The minimum atomic E-state index is -0.141. The van der Waals surface area contributed by atoms with Gasteiger partial charge in [-0.1, -0.05) is 98.8 Å². The van der Waals surface area contributed by atoms with E-state index in [2.05, 4.69) is 98.8 Å². The van der Waals surface area contributed by atoms with E-state index in [-0.39, 0.29) is 5.41 Å². The molecular weight excluding hydrogens is 376 g/mol. The second-order valence-electron chi connectivity index (χ2n) is 8.44. The molecule has 0 spiro atoms. The maximum Gasteiger partial charge on any atom is 0.0930 e. The highest BCUT2D eigenvalue weighted by atomic mass is 14.8. The standard InChI is InChI=1S/C29H24N2/c1-29(2)25-17-23(15-13-21-9-5-3-6-10-21)19-30-27(25)28-26(29)18-24(20-31-28)16-14-22-11-7-4-8-12-22/h3-20H,1-2H3. The highest BCUT2D eigenvalue weighted by molar-refractivity contribution is 5.79. The molecule has 2 aromatic heterocycles. The maximum atomic E-state index is 4.80. The van der Waals surface area contributed by atoms with Crippen LogP contribution in [0.25, 0.3) is 35.7 Å². The molecule has 0 radical (unpaired) electrons. The lowest BCUT2D eigenvalue weighted by Gasteiger charge is -2.21. The van der Waals surface area contributed by atoms with Gasteiger partial charge in [-0.25, -0.2) is 0 Å². The molecular formula is C29H24N2. The van der Waals surface area contributed by atoms with Crippen molar-refractivity contribution in [1.29, 1.82) is 0 Å². The molecule has 0 N–H and O–H groups in total.